The quantitative estimate of drug-likeness (QED) is 0.761. The molecule has 0 aliphatic rings. The highest BCUT2D eigenvalue weighted by molar-refractivity contribution is 5.96. The maximum absolute atomic E-state index is 13.1. The van der Waals surface area contributed by atoms with Crippen LogP contribution in [0, 0.1) is 5.82 Å². The number of methoxy groups -OCH3 is 1. The van der Waals surface area contributed by atoms with Gasteiger partial charge in [0.05, 0.1) is 5.56 Å². The number of benzene rings is 1. The number of ketones is 1. The predicted octanol–water partition coefficient (Wildman–Crippen LogP) is 2.74. The molecule has 0 bridgehead atoms. The van der Waals surface area contributed by atoms with Gasteiger partial charge in [0.2, 0.25) is 0 Å². The van der Waals surface area contributed by atoms with Gasteiger partial charge in [-0.15, -0.1) is 0 Å². The molecule has 1 heterocycles. The van der Waals surface area contributed by atoms with Crippen LogP contribution in [0.2, 0.25) is 0 Å². The van der Waals surface area contributed by atoms with Gasteiger partial charge in [0.25, 0.3) is 0 Å². The normalized spacial score (nSPS) is 10.6. The molecule has 6 heteroatoms. The fourth-order valence-corrected chi connectivity index (χ4v) is 1.69. The molecule has 5 nitrogen and oxygen atoms in total. The van der Waals surface area contributed by atoms with E-state index in [1.54, 1.807) is 13.2 Å². The van der Waals surface area contributed by atoms with Crippen LogP contribution in [0.15, 0.2) is 28.8 Å². The van der Waals surface area contributed by atoms with E-state index >= 15 is 0 Å². The van der Waals surface area contributed by atoms with Gasteiger partial charge in [0, 0.05) is 13.2 Å². The highest BCUT2D eigenvalue weighted by Gasteiger charge is 2.11. The number of hydrogen-bond donors (Lipinski definition) is 0. The zero-order chi connectivity index (χ0) is 14.5. The van der Waals surface area contributed by atoms with Crippen LogP contribution in [0.1, 0.15) is 28.7 Å². The fourth-order valence-electron chi connectivity index (χ4n) is 1.69. The molecule has 0 radical (unpaired) electrons. The summed E-state index contributed by atoms with van der Waals surface area (Å²) in [6.45, 7) is 1.80. The molecule has 0 saturated heterocycles. The topological polar surface area (TPSA) is 61.6 Å². The zero-order valence-electron chi connectivity index (χ0n) is 11.2. The summed E-state index contributed by atoms with van der Waals surface area (Å²) < 4.78 is 28.5. The van der Waals surface area contributed by atoms with E-state index in [-0.39, 0.29) is 18.0 Å². The van der Waals surface area contributed by atoms with Gasteiger partial charge >= 0.3 is 0 Å². The van der Waals surface area contributed by atoms with Gasteiger partial charge in [-0.3, -0.25) is 4.79 Å². The molecule has 0 amide bonds. The summed E-state index contributed by atoms with van der Waals surface area (Å²) in [5.41, 5.74) is 0.765. The van der Waals surface area contributed by atoms with Crippen molar-refractivity contribution in [2.45, 2.75) is 20.1 Å². The maximum atomic E-state index is 13.1. The van der Waals surface area contributed by atoms with Crippen molar-refractivity contribution in [1.82, 2.24) is 5.16 Å². The second-order valence-electron chi connectivity index (χ2n) is 4.20. The van der Waals surface area contributed by atoms with Gasteiger partial charge in [-0.1, -0.05) is 5.16 Å². The van der Waals surface area contributed by atoms with Gasteiger partial charge < -0.3 is 14.0 Å². The van der Waals surface area contributed by atoms with Gasteiger partial charge in [-0.2, -0.15) is 0 Å². The van der Waals surface area contributed by atoms with E-state index in [1.807, 2.05) is 0 Å². The number of halogens is 1. The lowest BCUT2D eigenvalue weighted by Gasteiger charge is -2.08. The molecular weight excluding hydrogens is 265 g/mol. The van der Waals surface area contributed by atoms with Crippen LogP contribution in [0.25, 0.3) is 0 Å². The molecule has 0 saturated carbocycles. The molecule has 0 aliphatic carbocycles. The Kier molecular flexibility index (Phi) is 4.47. The molecule has 106 valence electrons. The number of rotatable bonds is 6. The Morgan fingerprint density at radius 2 is 2.15 bits per heavy atom. The van der Waals surface area contributed by atoms with E-state index in [0.29, 0.717) is 23.8 Å². The summed E-state index contributed by atoms with van der Waals surface area (Å²) in [4.78, 5) is 11.4. The standard InChI is InChI=1S/C14H14FNO4/c1-9(17)13-5-10(15)3-4-14(13)19-7-11-6-12(8-18-2)20-16-11/h3-6H,7-8H2,1-2H3. The van der Waals surface area contributed by atoms with Crippen LogP contribution in [-0.4, -0.2) is 18.0 Å². The Hall–Kier alpha value is -2.21. The number of Topliss-reactive ketones (excluding diaryl/α,β-unsaturated/α-hetero) is 1. The van der Waals surface area contributed by atoms with Crippen LogP contribution in [0.4, 0.5) is 4.39 Å². The third-order valence-electron chi connectivity index (χ3n) is 2.59. The van der Waals surface area contributed by atoms with Crippen LogP contribution in [0.3, 0.4) is 0 Å². The second-order valence-corrected chi connectivity index (χ2v) is 4.20. The van der Waals surface area contributed by atoms with E-state index in [2.05, 4.69) is 5.16 Å². The predicted molar refractivity (Wildman–Crippen MR) is 68.0 cm³/mol. The lowest BCUT2D eigenvalue weighted by atomic mass is 10.1. The molecule has 0 atom stereocenters. The third-order valence-corrected chi connectivity index (χ3v) is 2.59. The molecular formula is C14H14FNO4. The number of hydrogen-bond acceptors (Lipinski definition) is 5. The number of carbonyl (C=O) groups is 1. The first-order chi connectivity index (χ1) is 9.60. The van der Waals surface area contributed by atoms with Crippen LogP contribution in [-0.2, 0) is 18.0 Å². The monoisotopic (exact) mass is 279 g/mol. The Morgan fingerprint density at radius 3 is 2.85 bits per heavy atom. The zero-order valence-corrected chi connectivity index (χ0v) is 11.2. The second kappa shape index (κ2) is 6.29. The van der Waals surface area contributed by atoms with Crippen molar-refractivity contribution in [1.29, 1.82) is 0 Å². The molecule has 2 aromatic rings. The molecule has 1 aromatic heterocycles. The molecule has 0 N–H and O–H groups in total. The summed E-state index contributed by atoms with van der Waals surface area (Å²) in [6, 6.07) is 5.50. The molecule has 20 heavy (non-hydrogen) atoms. The summed E-state index contributed by atoms with van der Waals surface area (Å²) >= 11 is 0. The average molecular weight is 279 g/mol. The van der Waals surface area contributed by atoms with E-state index < -0.39 is 5.82 Å². The van der Waals surface area contributed by atoms with Crippen LogP contribution >= 0.6 is 0 Å². The summed E-state index contributed by atoms with van der Waals surface area (Å²) in [5, 5.41) is 3.80. The van der Waals surface area contributed by atoms with Crippen LogP contribution in [0.5, 0.6) is 5.75 Å². The van der Waals surface area contributed by atoms with Crippen molar-refractivity contribution in [3.8, 4) is 5.75 Å². The van der Waals surface area contributed by atoms with E-state index in [0.717, 1.165) is 6.07 Å². The van der Waals surface area contributed by atoms with Crippen molar-refractivity contribution in [3.05, 3.63) is 47.1 Å². The Labute approximate surface area is 115 Å². The largest absolute Gasteiger partial charge is 0.486 e. The molecule has 0 spiro atoms. The number of ether oxygens (including phenoxy) is 2. The van der Waals surface area contributed by atoms with E-state index in [9.17, 15) is 9.18 Å². The molecule has 0 unspecified atom stereocenters. The lowest BCUT2D eigenvalue weighted by Crippen LogP contribution is -2.02. The molecule has 0 aliphatic heterocycles. The maximum Gasteiger partial charge on any atom is 0.163 e. The van der Waals surface area contributed by atoms with E-state index in [1.165, 1.54) is 19.1 Å². The Bertz CT molecular complexity index is 609. The average Bonchev–Trinajstić information content (AvgIpc) is 2.85. The Balaban J connectivity index is 2.08. The first kappa shape index (κ1) is 14.2. The van der Waals surface area contributed by atoms with Crippen molar-refractivity contribution >= 4 is 5.78 Å². The molecule has 2 rings (SSSR count). The first-order valence-electron chi connectivity index (χ1n) is 5.97. The highest BCUT2D eigenvalue weighted by atomic mass is 19.1. The number of nitrogens with zero attached hydrogens (tertiary/aromatic N) is 1. The molecule has 1 aromatic carbocycles. The minimum atomic E-state index is -0.480. The van der Waals surface area contributed by atoms with Crippen molar-refractivity contribution in [2.75, 3.05) is 7.11 Å². The van der Waals surface area contributed by atoms with Gasteiger partial charge in [-0.05, 0) is 25.1 Å². The summed E-state index contributed by atoms with van der Waals surface area (Å²) in [7, 11) is 1.55. The molecule has 0 fully saturated rings. The van der Waals surface area contributed by atoms with Crippen molar-refractivity contribution in [2.24, 2.45) is 0 Å². The Morgan fingerprint density at radius 1 is 1.35 bits per heavy atom. The first-order valence-corrected chi connectivity index (χ1v) is 5.97. The number of carbonyl (C=O) groups excluding carboxylic acids is 1. The number of aromatic nitrogens is 1. The highest BCUT2D eigenvalue weighted by Crippen LogP contribution is 2.21. The summed E-state index contributed by atoms with van der Waals surface area (Å²) in [6.07, 6.45) is 0. The van der Waals surface area contributed by atoms with Crippen molar-refractivity contribution < 1.29 is 23.2 Å². The van der Waals surface area contributed by atoms with Gasteiger partial charge in [0.15, 0.2) is 11.5 Å². The fraction of sp³-hybridized carbons (Fsp3) is 0.286. The van der Waals surface area contributed by atoms with Gasteiger partial charge in [-0.25, -0.2) is 4.39 Å². The van der Waals surface area contributed by atoms with Crippen LogP contribution < -0.4 is 4.74 Å². The van der Waals surface area contributed by atoms with Crippen molar-refractivity contribution in [3.63, 3.8) is 0 Å². The minimum Gasteiger partial charge on any atom is -0.486 e. The minimum absolute atomic E-state index is 0.124. The third kappa shape index (κ3) is 3.42. The van der Waals surface area contributed by atoms with E-state index in [4.69, 9.17) is 14.0 Å². The smallest absolute Gasteiger partial charge is 0.163 e. The lowest BCUT2D eigenvalue weighted by molar-refractivity contribution is 0.101. The summed E-state index contributed by atoms with van der Waals surface area (Å²) in [5.74, 6) is 0.151. The van der Waals surface area contributed by atoms with Gasteiger partial charge in [0.1, 0.15) is 30.5 Å². The SMILES string of the molecule is COCc1cc(COc2ccc(F)cc2C(C)=O)no1.